The first kappa shape index (κ1) is 12.1. The summed E-state index contributed by atoms with van der Waals surface area (Å²) in [5.41, 5.74) is 0.267. The topological polar surface area (TPSA) is 29.5 Å². The molecule has 1 aromatic rings. The van der Waals surface area contributed by atoms with E-state index in [4.69, 9.17) is 16.7 Å². The molecule has 0 fully saturated rings. The minimum absolute atomic E-state index is 0.0534. The second-order valence-corrected chi connectivity index (χ2v) is 3.25. The zero-order valence-electron chi connectivity index (χ0n) is 7.51. The van der Waals surface area contributed by atoms with Gasteiger partial charge in [0.25, 0.3) is 0 Å². The first-order valence-electron chi connectivity index (χ1n) is 4.01. The van der Waals surface area contributed by atoms with Gasteiger partial charge in [-0.2, -0.15) is 13.2 Å². The molecular weight excluding hydrogens is 233 g/mol. The van der Waals surface area contributed by atoms with Crippen LogP contribution in [-0.4, -0.2) is 17.9 Å². The molecule has 0 aliphatic heterocycles. The van der Waals surface area contributed by atoms with Crippen molar-refractivity contribution in [3.8, 4) is 5.75 Å². The molecule has 0 heterocycles. The van der Waals surface area contributed by atoms with Gasteiger partial charge in [-0.25, -0.2) is 0 Å². The lowest BCUT2D eigenvalue weighted by atomic mass is 10.2. The Hall–Kier alpha value is -0.940. The third-order valence-corrected chi connectivity index (χ3v) is 1.83. The molecule has 0 amide bonds. The van der Waals surface area contributed by atoms with Crippen molar-refractivity contribution in [1.29, 1.82) is 0 Å². The third kappa shape index (κ3) is 3.97. The van der Waals surface area contributed by atoms with E-state index in [0.717, 1.165) is 0 Å². The Labute approximate surface area is 89.2 Å². The van der Waals surface area contributed by atoms with Crippen LogP contribution in [0.5, 0.6) is 5.75 Å². The van der Waals surface area contributed by atoms with Crippen molar-refractivity contribution in [3.63, 3.8) is 0 Å². The van der Waals surface area contributed by atoms with Gasteiger partial charge in [0, 0.05) is 10.6 Å². The highest BCUT2D eigenvalue weighted by atomic mass is 35.5. The third-order valence-electron chi connectivity index (χ3n) is 1.59. The Morgan fingerprint density at radius 2 is 2.00 bits per heavy atom. The van der Waals surface area contributed by atoms with Gasteiger partial charge in [0.05, 0.1) is 6.61 Å². The minimum atomic E-state index is -4.41. The first-order valence-corrected chi connectivity index (χ1v) is 4.39. The summed E-state index contributed by atoms with van der Waals surface area (Å²) in [6.45, 7) is -1.80. The Kier molecular flexibility index (Phi) is 3.82. The van der Waals surface area contributed by atoms with E-state index in [1.807, 2.05) is 0 Å². The number of hydrogen-bond donors (Lipinski definition) is 1. The van der Waals surface area contributed by atoms with Crippen molar-refractivity contribution in [2.45, 2.75) is 12.8 Å². The molecule has 0 aromatic heterocycles. The highest BCUT2D eigenvalue weighted by molar-refractivity contribution is 6.30. The molecule has 15 heavy (non-hydrogen) atoms. The molecule has 0 saturated heterocycles. The van der Waals surface area contributed by atoms with E-state index in [2.05, 4.69) is 4.74 Å². The molecule has 0 unspecified atom stereocenters. The van der Waals surface area contributed by atoms with Gasteiger partial charge < -0.3 is 9.84 Å². The summed E-state index contributed by atoms with van der Waals surface area (Å²) >= 11 is 5.58. The summed E-state index contributed by atoms with van der Waals surface area (Å²) in [7, 11) is 0. The molecule has 0 radical (unpaired) electrons. The number of ether oxygens (including phenoxy) is 1. The molecule has 1 aromatic carbocycles. The molecule has 2 nitrogen and oxygen atoms in total. The lowest BCUT2D eigenvalue weighted by Gasteiger charge is -2.12. The molecule has 1 N–H and O–H groups in total. The van der Waals surface area contributed by atoms with Crippen LogP contribution in [0.25, 0.3) is 0 Å². The predicted octanol–water partition coefficient (Wildman–Crippen LogP) is 2.77. The predicted molar refractivity (Wildman–Crippen MR) is 48.9 cm³/mol. The Balaban J connectivity index is 2.79. The second-order valence-electron chi connectivity index (χ2n) is 2.81. The molecular formula is C9H8ClF3O2. The standard InChI is InChI=1S/C9H8ClF3O2/c10-7-2-1-6(4-14)8(3-7)15-5-9(11,12)13/h1-3,14H,4-5H2. The van der Waals surface area contributed by atoms with E-state index in [9.17, 15) is 13.2 Å². The molecule has 6 heteroatoms. The van der Waals surface area contributed by atoms with Crippen LogP contribution in [-0.2, 0) is 6.61 Å². The lowest BCUT2D eigenvalue weighted by molar-refractivity contribution is -0.153. The number of aliphatic hydroxyl groups excluding tert-OH is 1. The van der Waals surface area contributed by atoms with Gasteiger partial charge in [-0.1, -0.05) is 17.7 Å². The van der Waals surface area contributed by atoms with Crippen LogP contribution in [0.4, 0.5) is 13.2 Å². The monoisotopic (exact) mass is 240 g/mol. The molecule has 0 spiro atoms. The van der Waals surface area contributed by atoms with Gasteiger partial charge in [-0.15, -0.1) is 0 Å². The summed E-state index contributed by atoms with van der Waals surface area (Å²) < 4.78 is 40.1. The Morgan fingerprint density at radius 3 is 2.53 bits per heavy atom. The van der Waals surface area contributed by atoms with Crippen LogP contribution < -0.4 is 4.74 Å². The van der Waals surface area contributed by atoms with E-state index in [1.54, 1.807) is 0 Å². The van der Waals surface area contributed by atoms with Gasteiger partial charge in [-0.3, -0.25) is 0 Å². The molecule has 0 saturated carbocycles. The first-order chi connectivity index (χ1) is 6.92. The smallest absolute Gasteiger partial charge is 0.422 e. The summed E-state index contributed by atoms with van der Waals surface area (Å²) in [5, 5.41) is 9.09. The van der Waals surface area contributed by atoms with E-state index in [1.165, 1.54) is 18.2 Å². The maximum absolute atomic E-state index is 11.9. The zero-order chi connectivity index (χ0) is 11.5. The number of rotatable bonds is 3. The van der Waals surface area contributed by atoms with Gasteiger partial charge in [0.1, 0.15) is 5.75 Å². The molecule has 1 rings (SSSR count). The number of aliphatic hydroxyl groups is 1. The second kappa shape index (κ2) is 4.72. The maximum Gasteiger partial charge on any atom is 0.422 e. The van der Waals surface area contributed by atoms with E-state index in [-0.39, 0.29) is 16.3 Å². The quantitative estimate of drug-likeness (QED) is 0.880. The summed E-state index contributed by atoms with van der Waals surface area (Å²) in [4.78, 5) is 0. The van der Waals surface area contributed by atoms with Gasteiger partial charge in [0.2, 0.25) is 0 Å². The zero-order valence-corrected chi connectivity index (χ0v) is 8.27. The van der Waals surface area contributed by atoms with Crippen LogP contribution in [0, 0.1) is 0 Å². The van der Waals surface area contributed by atoms with Crippen LogP contribution in [0.3, 0.4) is 0 Å². The average molecular weight is 241 g/mol. The van der Waals surface area contributed by atoms with E-state index >= 15 is 0 Å². The normalized spacial score (nSPS) is 11.5. The molecule has 0 bridgehead atoms. The summed E-state index contributed by atoms with van der Waals surface area (Å²) in [5.74, 6) is -0.0534. The molecule has 0 aliphatic carbocycles. The highest BCUT2D eigenvalue weighted by Gasteiger charge is 2.28. The molecule has 84 valence electrons. The number of benzene rings is 1. The van der Waals surface area contributed by atoms with E-state index in [0.29, 0.717) is 0 Å². The fraction of sp³-hybridized carbons (Fsp3) is 0.333. The van der Waals surface area contributed by atoms with Crippen molar-refractivity contribution < 1.29 is 23.0 Å². The summed E-state index contributed by atoms with van der Waals surface area (Å²) in [6.07, 6.45) is -4.41. The SMILES string of the molecule is OCc1ccc(Cl)cc1OCC(F)(F)F. The number of hydrogen-bond acceptors (Lipinski definition) is 2. The van der Waals surface area contributed by atoms with E-state index < -0.39 is 19.4 Å². The maximum atomic E-state index is 11.9. The van der Waals surface area contributed by atoms with Crippen molar-refractivity contribution in [2.24, 2.45) is 0 Å². The Morgan fingerprint density at radius 1 is 1.33 bits per heavy atom. The van der Waals surface area contributed by atoms with Crippen LogP contribution >= 0.6 is 11.6 Å². The van der Waals surface area contributed by atoms with Crippen molar-refractivity contribution >= 4 is 11.6 Å². The number of halogens is 4. The van der Waals surface area contributed by atoms with Crippen molar-refractivity contribution in [3.05, 3.63) is 28.8 Å². The van der Waals surface area contributed by atoms with Gasteiger partial charge in [-0.05, 0) is 12.1 Å². The molecule has 0 atom stereocenters. The fourth-order valence-electron chi connectivity index (χ4n) is 0.953. The van der Waals surface area contributed by atoms with Crippen LogP contribution in [0.1, 0.15) is 5.56 Å². The van der Waals surface area contributed by atoms with Crippen molar-refractivity contribution in [1.82, 2.24) is 0 Å². The Bertz CT molecular complexity index is 339. The summed E-state index contributed by atoms with van der Waals surface area (Å²) in [6, 6.07) is 4.11. The van der Waals surface area contributed by atoms with Gasteiger partial charge >= 0.3 is 6.18 Å². The fourth-order valence-corrected chi connectivity index (χ4v) is 1.12. The van der Waals surface area contributed by atoms with Crippen LogP contribution in [0.2, 0.25) is 5.02 Å². The van der Waals surface area contributed by atoms with Crippen LogP contribution in [0.15, 0.2) is 18.2 Å². The highest BCUT2D eigenvalue weighted by Crippen LogP contribution is 2.25. The average Bonchev–Trinajstić information content (AvgIpc) is 2.14. The minimum Gasteiger partial charge on any atom is -0.484 e. The molecule has 0 aliphatic rings. The number of alkyl halides is 3. The van der Waals surface area contributed by atoms with Gasteiger partial charge in [0.15, 0.2) is 6.61 Å². The largest absolute Gasteiger partial charge is 0.484 e. The lowest BCUT2D eigenvalue weighted by Crippen LogP contribution is -2.19. The van der Waals surface area contributed by atoms with Crippen molar-refractivity contribution in [2.75, 3.05) is 6.61 Å².